The van der Waals surface area contributed by atoms with Gasteiger partial charge in [-0.05, 0) is 26.7 Å². The topological polar surface area (TPSA) is 26.3 Å². The van der Waals surface area contributed by atoms with Crippen molar-refractivity contribution in [3.63, 3.8) is 0 Å². The summed E-state index contributed by atoms with van der Waals surface area (Å²) in [5.74, 6) is 0.608. The SMILES string of the molecule is CCOC(C)C(=O)C1CCCCC1. The molecule has 1 atom stereocenters. The molecule has 1 fully saturated rings. The maximum Gasteiger partial charge on any atom is 0.164 e. The Kier molecular flexibility index (Phi) is 4.43. The predicted molar refractivity (Wildman–Crippen MR) is 52.7 cm³/mol. The number of ketones is 1. The summed E-state index contributed by atoms with van der Waals surface area (Å²) in [7, 11) is 0. The average Bonchev–Trinajstić information content (AvgIpc) is 2.18. The molecule has 2 heteroatoms. The van der Waals surface area contributed by atoms with Gasteiger partial charge < -0.3 is 4.74 Å². The summed E-state index contributed by atoms with van der Waals surface area (Å²) in [5.41, 5.74) is 0. The molecule has 0 N–H and O–H groups in total. The number of hydrogen-bond acceptors (Lipinski definition) is 2. The van der Waals surface area contributed by atoms with Crippen molar-refractivity contribution < 1.29 is 9.53 Å². The third-order valence-electron chi connectivity index (χ3n) is 2.82. The highest BCUT2D eigenvalue weighted by atomic mass is 16.5. The normalized spacial score (nSPS) is 21.4. The van der Waals surface area contributed by atoms with Gasteiger partial charge in [-0.1, -0.05) is 19.3 Å². The fourth-order valence-corrected chi connectivity index (χ4v) is 2.05. The zero-order chi connectivity index (χ0) is 9.68. The van der Waals surface area contributed by atoms with Crippen LogP contribution in [0.25, 0.3) is 0 Å². The molecular formula is C11H20O2. The van der Waals surface area contributed by atoms with Crippen LogP contribution in [0.15, 0.2) is 0 Å². The van der Waals surface area contributed by atoms with E-state index in [1.165, 1.54) is 19.3 Å². The standard InChI is InChI=1S/C11H20O2/c1-3-13-9(2)11(12)10-7-5-4-6-8-10/h9-10H,3-8H2,1-2H3. The van der Waals surface area contributed by atoms with E-state index in [0.29, 0.717) is 12.4 Å². The summed E-state index contributed by atoms with van der Waals surface area (Å²) in [5, 5.41) is 0. The van der Waals surface area contributed by atoms with Crippen LogP contribution in [0.3, 0.4) is 0 Å². The summed E-state index contributed by atoms with van der Waals surface area (Å²) in [6, 6.07) is 0. The first-order valence-corrected chi connectivity index (χ1v) is 5.41. The van der Waals surface area contributed by atoms with Crippen LogP contribution in [0, 0.1) is 5.92 Å². The summed E-state index contributed by atoms with van der Waals surface area (Å²) in [6.07, 6.45) is 5.71. The Labute approximate surface area is 80.7 Å². The zero-order valence-electron chi connectivity index (χ0n) is 8.71. The van der Waals surface area contributed by atoms with Gasteiger partial charge in [-0.25, -0.2) is 0 Å². The number of Topliss-reactive ketones (excluding diaryl/α,β-unsaturated/α-hetero) is 1. The summed E-state index contributed by atoms with van der Waals surface area (Å²) < 4.78 is 5.31. The molecule has 1 saturated carbocycles. The van der Waals surface area contributed by atoms with Gasteiger partial charge in [-0.3, -0.25) is 4.79 Å². The molecule has 0 radical (unpaired) electrons. The average molecular weight is 184 g/mol. The Morgan fingerprint density at radius 3 is 2.54 bits per heavy atom. The van der Waals surface area contributed by atoms with Crippen LogP contribution in [0.5, 0.6) is 0 Å². The lowest BCUT2D eigenvalue weighted by Crippen LogP contribution is -2.29. The molecule has 0 saturated heterocycles. The monoisotopic (exact) mass is 184 g/mol. The van der Waals surface area contributed by atoms with Gasteiger partial charge in [0, 0.05) is 12.5 Å². The maximum atomic E-state index is 11.8. The third kappa shape index (κ3) is 3.11. The fourth-order valence-electron chi connectivity index (χ4n) is 2.05. The minimum atomic E-state index is -0.187. The van der Waals surface area contributed by atoms with Crippen molar-refractivity contribution in [1.82, 2.24) is 0 Å². The second kappa shape index (κ2) is 5.38. The number of carbonyl (C=O) groups is 1. The molecule has 0 aromatic heterocycles. The molecule has 1 aliphatic rings. The molecule has 0 aliphatic heterocycles. The van der Waals surface area contributed by atoms with Gasteiger partial charge in [-0.15, -0.1) is 0 Å². The lowest BCUT2D eigenvalue weighted by molar-refractivity contribution is -0.134. The number of ether oxygens (including phenoxy) is 1. The molecule has 2 nitrogen and oxygen atoms in total. The summed E-state index contributed by atoms with van der Waals surface area (Å²) >= 11 is 0. The lowest BCUT2D eigenvalue weighted by Gasteiger charge is -2.23. The first kappa shape index (κ1) is 10.7. The van der Waals surface area contributed by atoms with E-state index in [9.17, 15) is 4.79 Å². The van der Waals surface area contributed by atoms with E-state index >= 15 is 0 Å². The molecule has 1 unspecified atom stereocenters. The lowest BCUT2D eigenvalue weighted by atomic mass is 9.85. The predicted octanol–water partition coefficient (Wildman–Crippen LogP) is 2.56. The Hall–Kier alpha value is -0.370. The molecule has 76 valence electrons. The Morgan fingerprint density at radius 2 is 2.00 bits per heavy atom. The first-order chi connectivity index (χ1) is 6.25. The van der Waals surface area contributed by atoms with Gasteiger partial charge in [-0.2, -0.15) is 0 Å². The van der Waals surface area contributed by atoms with Crippen molar-refractivity contribution in [1.29, 1.82) is 0 Å². The van der Waals surface area contributed by atoms with Gasteiger partial charge in [0.15, 0.2) is 5.78 Å². The molecule has 0 bridgehead atoms. The smallest absolute Gasteiger partial charge is 0.164 e. The molecule has 13 heavy (non-hydrogen) atoms. The maximum absolute atomic E-state index is 11.8. The van der Waals surface area contributed by atoms with Crippen molar-refractivity contribution in [2.75, 3.05) is 6.61 Å². The van der Waals surface area contributed by atoms with Crippen molar-refractivity contribution in [3.05, 3.63) is 0 Å². The highest BCUT2D eigenvalue weighted by Gasteiger charge is 2.25. The second-order valence-corrected chi connectivity index (χ2v) is 3.83. The van der Waals surface area contributed by atoms with Crippen LogP contribution >= 0.6 is 0 Å². The number of hydrogen-bond donors (Lipinski definition) is 0. The summed E-state index contributed by atoms with van der Waals surface area (Å²) in [4.78, 5) is 11.8. The van der Waals surface area contributed by atoms with E-state index in [0.717, 1.165) is 12.8 Å². The molecule has 1 aliphatic carbocycles. The van der Waals surface area contributed by atoms with Gasteiger partial charge >= 0.3 is 0 Å². The van der Waals surface area contributed by atoms with Crippen molar-refractivity contribution in [2.45, 2.75) is 52.1 Å². The van der Waals surface area contributed by atoms with Crippen molar-refractivity contribution >= 4 is 5.78 Å². The third-order valence-corrected chi connectivity index (χ3v) is 2.82. The van der Waals surface area contributed by atoms with Gasteiger partial charge in [0.05, 0.1) is 0 Å². The van der Waals surface area contributed by atoms with Crippen LogP contribution < -0.4 is 0 Å². The minimum Gasteiger partial charge on any atom is -0.371 e. The van der Waals surface area contributed by atoms with Crippen molar-refractivity contribution in [2.24, 2.45) is 5.92 Å². The molecule has 0 aromatic rings. The molecule has 0 heterocycles. The molecular weight excluding hydrogens is 164 g/mol. The fraction of sp³-hybridized carbons (Fsp3) is 0.909. The highest BCUT2D eigenvalue weighted by Crippen LogP contribution is 2.25. The molecule has 0 aromatic carbocycles. The van der Waals surface area contributed by atoms with Gasteiger partial charge in [0.2, 0.25) is 0 Å². The van der Waals surface area contributed by atoms with Crippen LogP contribution in [-0.4, -0.2) is 18.5 Å². The van der Waals surface area contributed by atoms with E-state index < -0.39 is 0 Å². The molecule has 0 amide bonds. The second-order valence-electron chi connectivity index (χ2n) is 3.83. The Morgan fingerprint density at radius 1 is 1.38 bits per heavy atom. The first-order valence-electron chi connectivity index (χ1n) is 5.41. The quantitative estimate of drug-likeness (QED) is 0.671. The van der Waals surface area contributed by atoms with Gasteiger partial charge in [0.25, 0.3) is 0 Å². The number of rotatable bonds is 4. The largest absolute Gasteiger partial charge is 0.371 e. The van der Waals surface area contributed by atoms with Crippen molar-refractivity contribution in [3.8, 4) is 0 Å². The van der Waals surface area contributed by atoms with Crippen LogP contribution in [0.4, 0.5) is 0 Å². The van der Waals surface area contributed by atoms with Crippen LogP contribution in [-0.2, 0) is 9.53 Å². The van der Waals surface area contributed by atoms with E-state index in [1.54, 1.807) is 0 Å². The molecule has 0 spiro atoms. The van der Waals surface area contributed by atoms with E-state index in [4.69, 9.17) is 4.74 Å². The summed E-state index contributed by atoms with van der Waals surface area (Å²) in [6.45, 7) is 4.45. The van der Waals surface area contributed by atoms with E-state index in [-0.39, 0.29) is 12.0 Å². The van der Waals surface area contributed by atoms with Crippen LogP contribution in [0.1, 0.15) is 46.0 Å². The minimum absolute atomic E-state index is 0.187. The number of carbonyl (C=O) groups excluding carboxylic acids is 1. The van der Waals surface area contributed by atoms with E-state index in [2.05, 4.69) is 0 Å². The van der Waals surface area contributed by atoms with Gasteiger partial charge in [0.1, 0.15) is 6.10 Å². The Bertz CT molecular complexity index is 159. The van der Waals surface area contributed by atoms with E-state index in [1.807, 2.05) is 13.8 Å². The molecule has 1 rings (SSSR count). The van der Waals surface area contributed by atoms with Crippen LogP contribution in [0.2, 0.25) is 0 Å². The zero-order valence-corrected chi connectivity index (χ0v) is 8.71. The Balaban J connectivity index is 2.36. The highest BCUT2D eigenvalue weighted by molar-refractivity contribution is 5.85.